The molecule has 0 amide bonds. The Balaban J connectivity index is 2.96. The van der Waals surface area contributed by atoms with Crippen molar-refractivity contribution in [2.45, 2.75) is 12.5 Å². The second kappa shape index (κ2) is 5.23. The second-order valence-corrected chi connectivity index (χ2v) is 4.19. The fraction of sp³-hybridized carbons (Fsp3) is 0.182. The number of hydrogen-bond donors (Lipinski definition) is 1. The number of alkyl halides is 1. The molecular formula is C11H11Cl2NO2. The Labute approximate surface area is 104 Å². The molecular weight excluding hydrogens is 249 g/mol. The van der Waals surface area contributed by atoms with Crippen LogP contribution in [0.4, 0.5) is 5.69 Å². The summed E-state index contributed by atoms with van der Waals surface area (Å²) >= 11 is 11.4. The van der Waals surface area contributed by atoms with Crippen LogP contribution in [0.15, 0.2) is 24.8 Å². The normalized spacial score (nSPS) is 11.9. The molecule has 0 saturated carbocycles. The van der Waals surface area contributed by atoms with Gasteiger partial charge < -0.3 is 10.5 Å². The number of benzene rings is 1. The van der Waals surface area contributed by atoms with E-state index in [9.17, 15) is 4.79 Å². The molecule has 0 heterocycles. The summed E-state index contributed by atoms with van der Waals surface area (Å²) in [4.78, 5) is 11.5. The molecule has 0 bridgehead atoms. The van der Waals surface area contributed by atoms with Gasteiger partial charge in [0.05, 0.1) is 5.57 Å². The van der Waals surface area contributed by atoms with Crippen LogP contribution in [-0.2, 0) is 9.53 Å². The van der Waals surface area contributed by atoms with E-state index >= 15 is 0 Å². The molecule has 3 nitrogen and oxygen atoms in total. The van der Waals surface area contributed by atoms with Crippen LogP contribution in [0.5, 0.6) is 0 Å². The molecule has 0 aliphatic carbocycles. The standard InChI is InChI=1S/C11H11Cl2NO2/c1-6(11(15)16-7(2)12)9-5-8(14)3-4-10(9)13/h3-5,7H,1,14H2,2H3. The molecule has 0 saturated heterocycles. The molecule has 0 aliphatic rings. The van der Waals surface area contributed by atoms with Gasteiger partial charge in [-0.1, -0.05) is 29.8 Å². The molecule has 0 spiro atoms. The smallest absolute Gasteiger partial charge is 0.339 e. The van der Waals surface area contributed by atoms with Gasteiger partial charge in [-0.2, -0.15) is 0 Å². The molecule has 0 aliphatic heterocycles. The fourth-order valence-corrected chi connectivity index (χ4v) is 1.42. The molecule has 1 atom stereocenters. The number of hydrogen-bond acceptors (Lipinski definition) is 3. The van der Waals surface area contributed by atoms with Gasteiger partial charge >= 0.3 is 5.97 Å². The van der Waals surface area contributed by atoms with Crippen molar-refractivity contribution in [3.05, 3.63) is 35.4 Å². The van der Waals surface area contributed by atoms with Crippen molar-refractivity contribution in [2.75, 3.05) is 5.73 Å². The summed E-state index contributed by atoms with van der Waals surface area (Å²) < 4.78 is 4.79. The zero-order valence-corrected chi connectivity index (χ0v) is 10.2. The predicted molar refractivity (Wildman–Crippen MR) is 66.3 cm³/mol. The van der Waals surface area contributed by atoms with E-state index in [0.29, 0.717) is 16.3 Å². The van der Waals surface area contributed by atoms with Gasteiger partial charge in [-0.25, -0.2) is 4.79 Å². The molecule has 0 aromatic heterocycles. The molecule has 86 valence electrons. The Hall–Kier alpha value is -1.19. The van der Waals surface area contributed by atoms with Crippen molar-refractivity contribution in [2.24, 2.45) is 0 Å². The Bertz CT molecular complexity index is 430. The molecule has 1 rings (SSSR count). The van der Waals surface area contributed by atoms with Crippen molar-refractivity contribution in [1.82, 2.24) is 0 Å². The summed E-state index contributed by atoms with van der Waals surface area (Å²) in [5.41, 5.74) is 5.94. The van der Waals surface area contributed by atoms with Crippen molar-refractivity contribution >= 4 is 40.4 Å². The molecule has 1 aromatic rings. The van der Waals surface area contributed by atoms with Gasteiger partial charge in [-0.05, 0) is 25.1 Å². The largest absolute Gasteiger partial charge is 0.443 e. The average Bonchev–Trinajstić information content (AvgIpc) is 2.19. The van der Waals surface area contributed by atoms with Crippen molar-refractivity contribution in [3.8, 4) is 0 Å². The first kappa shape index (κ1) is 12.9. The van der Waals surface area contributed by atoms with E-state index in [2.05, 4.69) is 6.58 Å². The van der Waals surface area contributed by atoms with Gasteiger partial charge in [0, 0.05) is 16.3 Å². The van der Waals surface area contributed by atoms with Crippen molar-refractivity contribution in [1.29, 1.82) is 0 Å². The van der Waals surface area contributed by atoms with E-state index in [1.165, 1.54) is 6.92 Å². The van der Waals surface area contributed by atoms with Crippen LogP contribution in [-0.4, -0.2) is 11.5 Å². The van der Waals surface area contributed by atoms with Crippen LogP contribution in [0.25, 0.3) is 5.57 Å². The first-order chi connectivity index (χ1) is 7.41. The van der Waals surface area contributed by atoms with Crippen LogP contribution in [0.2, 0.25) is 5.02 Å². The third-order valence-corrected chi connectivity index (χ3v) is 2.25. The van der Waals surface area contributed by atoms with Gasteiger partial charge in [-0.3, -0.25) is 0 Å². The van der Waals surface area contributed by atoms with Crippen molar-refractivity contribution < 1.29 is 9.53 Å². The zero-order valence-electron chi connectivity index (χ0n) is 8.67. The maximum absolute atomic E-state index is 11.5. The molecule has 0 radical (unpaired) electrons. The highest BCUT2D eigenvalue weighted by Crippen LogP contribution is 2.26. The lowest BCUT2D eigenvalue weighted by atomic mass is 10.1. The van der Waals surface area contributed by atoms with E-state index in [0.717, 1.165) is 0 Å². The van der Waals surface area contributed by atoms with Crippen LogP contribution in [0, 0.1) is 0 Å². The number of carbonyl (C=O) groups excluding carboxylic acids is 1. The van der Waals surface area contributed by atoms with Gasteiger partial charge in [-0.15, -0.1) is 0 Å². The summed E-state index contributed by atoms with van der Waals surface area (Å²) in [5.74, 6) is -0.616. The first-order valence-corrected chi connectivity index (χ1v) is 5.32. The highest BCUT2D eigenvalue weighted by Gasteiger charge is 2.16. The number of esters is 1. The van der Waals surface area contributed by atoms with Crippen LogP contribution in [0.1, 0.15) is 12.5 Å². The Morgan fingerprint density at radius 3 is 2.75 bits per heavy atom. The number of nitrogen functional groups attached to an aromatic ring is 1. The molecule has 0 fully saturated rings. The Kier molecular flexibility index (Phi) is 4.21. The van der Waals surface area contributed by atoms with E-state index in [-0.39, 0.29) is 5.57 Å². The van der Waals surface area contributed by atoms with Crippen LogP contribution < -0.4 is 5.73 Å². The SMILES string of the molecule is C=C(C(=O)OC(C)Cl)c1cc(N)ccc1Cl. The first-order valence-electron chi connectivity index (χ1n) is 4.51. The topological polar surface area (TPSA) is 52.3 Å². The molecule has 16 heavy (non-hydrogen) atoms. The third-order valence-electron chi connectivity index (χ3n) is 1.83. The van der Waals surface area contributed by atoms with Gasteiger partial charge in [0.1, 0.15) is 0 Å². The summed E-state index contributed by atoms with van der Waals surface area (Å²) in [5, 5.41) is 0.387. The fourth-order valence-electron chi connectivity index (χ4n) is 1.10. The second-order valence-electron chi connectivity index (χ2n) is 3.17. The highest BCUT2D eigenvalue weighted by atomic mass is 35.5. The average molecular weight is 260 g/mol. The van der Waals surface area contributed by atoms with E-state index in [1.807, 2.05) is 0 Å². The minimum absolute atomic E-state index is 0.129. The minimum atomic E-state index is -0.718. The lowest BCUT2D eigenvalue weighted by Crippen LogP contribution is -2.11. The lowest BCUT2D eigenvalue weighted by Gasteiger charge is -2.10. The number of nitrogens with two attached hydrogens (primary N) is 1. The van der Waals surface area contributed by atoms with Crippen LogP contribution >= 0.6 is 23.2 Å². The molecule has 5 heteroatoms. The third kappa shape index (κ3) is 3.15. The van der Waals surface area contributed by atoms with Gasteiger partial charge in [0.2, 0.25) is 0 Å². The van der Waals surface area contributed by atoms with E-state index < -0.39 is 11.5 Å². The number of rotatable bonds is 3. The molecule has 2 N–H and O–H groups in total. The van der Waals surface area contributed by atoms with Crippen LogP contribution in [0.3, 0.4) is 0 Å². The quantitative estimate of drug-likeness (QED) is 0.393. The Morgan fingerprint density at radius 2 is 2.19 bits per heavy atom. The Morgan fingerprint density at radius 1 is 1.56 bits per heavy atom. The number of halogens is 2. The maximum atomic E-state index is 11.5. The monoisotopic (exact) mass is 259 g/mol. The van der Waals surface area contributed by atoms with E-state index in [4.69, 9.17) is 33.7 Å². The summed E-state index contributed by atoms with van der Waals surface area (Å²) in [6, 6.07) is 4.79. The number of carbonyl (C=O) groups is 1. The number of anilines is 1. The predicted octanol–water partition coefficient (Wildman–Crippen LogP) is 3.06. The summed E-state index contributed by atoms with van der Waals surface area (Å²) in [7, 11) is 0. The zero-order chi connectivity index (χ0) is 12.3. The summed E-state index contributed by atoms with van der Waals surface area (Å²) in [6.07, 6.45) is 0. The minimum Gasteiger partial charge on any atom is -0.443 e. The number of ether oxygens (including phenoxy) is 1. The van der Waals surface area contributed by atoms with Gasteiger partial charge in [0.15, 0.2) is 5.56 Å². The lowest BCUT2D eigenvalue weighted by molar-refractivity contribution is -0.137. The van der Waals surface area contributed by atoms with Crippen molar-refractivity contribution in [3.63, 3.8) is 0 Å². The molecule has 1 aromatic carbocycles. The highest BCUT2D eigenvalue weighted by molar-refractivity contribution is 6.34. The maximum Gasteiger partial charge on any atom is 0.339 e. The van der Waals surface area contributed by atoms with E-state index in [1.54, 1.807) is 18.2 Å². The summed E-state index contributed by atoms with van der Waals surface area (Å²) in [6.45, 7) is 5.14. The van der Waals surface area contributed by atoms with Gasteiger partial charge in [0.25, 0.3) is 0 Å². The molecule has 1 unspecified atom stereocenters.